The van der Waals surface area contributed by atoms with Crippen LogP contribution in [0, 0.1) is 6.92 Å². The van der Waals surface area contributed by atoms with Gasteiger partial charge >= 0.3 is 0 Å². The summed E-state index contributed by atoms with van der Waals surface area (Å²) in [4.78, 5) is 23.8. The fraction of sp³-hybridized carbons (Fsp3) is 0.462. The Labute approximate surface area is 122 Å². The standard InChI is InChI=1S/C13H19N7O/c1-10-17-13(20-19-10)18-11(21)6-3-2-4-7-14-12-15-8-5-9-16-12/h5,8-9H,2-4,6-7H2,1H3,(H,14,15,16)(H2,17,18,19,20,21). The minimum Gasteiger partial charge on any atom is -0.354 e. The van der Waals surface area contributed by atoms with Crippen LogP contribution in [0.5, 0.6) is 0 Å². The van der Waals surface area contributed by atoms with Gasteiger partial charge in [0.1, 0.15) is 5.82 Å². The number of nitrogens with zero attached hydrogens (tertiary/aromatic N) is 4. The quantitative estimate of drug-likeness (QED) is 0.636. The van der Waals surface area contributed by atoms with Gasteiger partial charge in [0.2, 0.25) is 17.8 Å². The van der Waals surface area contributed by atoms with Crippen LogP contribution in [0.3, 0.4) is 0 Å². The van der Waals surface area contributed by atoms with Crippen molar-refractivity contribution in [3.05, 3.63) is 24.3 Å². The minimum absolute atomic E-state index is 0.0617. The Bertz CT molecular complexity index is 555. The largest absolute Gasteiger partial charge is 0.354 e. The summed E-state index contributed by atoms with van der Waals surface area (Å²) in [7, 11) is 0. The van der Waals surface area contributed by atoms with E-state index in [1.54, 1.807) is 25.4 Å². The number of hydrogen-bond donors (Lipinski definition) is 3. The van der Waals surface area contributed by atoms with E-state index in [-0.39, 0.29) is 5.91 Å². The molecule has 0 radical (unpaired) electrons. The Morgan fingerprint density at radius 2 is 2.00 bits per heavy atom. The summed E-state index contributed by atoms with van der Waals surface area (Å²) in [5, 5.41) is 12.3. The van der Waals surface area contributed by atoms with Gasteiger partial charge in [-0.2, -0.15) is 4.98 Å². The van der Waals surface area contributed by atoms with Gasteiger partial charge in [-0.15, -0.1) is 5.10 Å². The number of carbonyl (C=O) groups is 1. The molecule has 0 aromatic carbocycles. The van der Waals surface area contributed by atoms with Crippen LogP contribution in [0.1, 0.15) is 31.5 Å². The van der Waals surface area contributed by atoms with E-state index in [1.807, 2.05) is 0 Å². The van der Waals surface area contributed by atoms with Crippen LogP contribution in [-0.2, 0) is 4.79 Å². The lowest BCUT2D eigenvalue weighted by atomic mass is 10.2. The predicted octanol–water partition coefficient (Wildman–Crippen LogP) is 1.51. The van der Waals surface area contributed by atoms with Crippen molar-refractivity contribution >= 4 is 17.8 Å². The number of nitrogens with one attached hydrogen (secondary N) is 3. The van der Waals surface area contributed by atoms with Gasteiger partial charge in [0.05, 0.1) is 0 Å². The van der Waals surface area contributed by atoms with Gasteiger partial charge in [0.15, 0.2) is 0 Å². The number of hydrogen-bond acceptors (Lipinski definition) is 6. The van der Waals surface area contributed by atoms with E-state index in [0.717, 1.165) is 25.8 Å². The van der Waals surface area contributed by atoms with Crippen molar-refractivity contribution in [1.29, 1.82) is 0 Å². The molecule has 0 atom stereocenters. The second kappa shape index (κ2) is 7.93. The minimum atomic E-state index is -0.0617. The molecule has 0 saturated carbocycles. The Morgan fingerprint density at radius 3 is 2.71 bits per heavy atom. The molecule has 21 heavy (non-hydrogen) atoms. The Kier molecular flexibility index (Phi) is 5.62. The first-order valence-electron chi connectivity index (χ1n) is 6.94. The lowest BCUT2D eigenvalue weighted by Gasteiger charge is -2.04. The molecular formula is C13H19N7O. The number of aromatic nitrogens is 5. The van der Waals surface area contributed by atoms with Gasteiger partial charge in [-0.3, -0.25) is 15.2 Å². The molecule has 0 saturated heterocycles. The molecular weight excluding hydrogens is 270 g/mol. The lowest BCUT2D eigenvalue weighted by molar-refractivity contribution is -0.116. The second-order valence-corrected chi connectivity index (χ2v) is 4.60. The van der Waals surface area contributed by atoms with Crippen molar-refractivity contribution < 1.29 is 4.79 Å². The van der Waals surface area contributed by atoms with Crippen molar-refractivity contribution in [2.24, 2.45) is 0 Å². The maximum Gasteiger partial charge on any atom is 0.248 e. The SMILES string of the molecule is Cc1nc(NC(=O)CCCCCNc2ncccn2)n[nH]1. The van der Waals surface area contributed by atoms with Crippen molar-refractivity contribution in [2.45, 2.75) is 32.6 Å². The number of carbonyl (C=O) groups excluding carboxylic acids is 1. The van der Waals surface area contributed by atoms with Crippen molar-refractivity contribution in [1.82, 2.24) is 25.1 Å². The molecule has 0 fully saturated rings. The number of aromatic amines is 1. The third-order valence-electron chi connectivity index (χ3n) is 2.78. The molecule has 2 aromatic heterocycles. The summed E-state index contributed by atoms with van der Waals surface area (Å²) in [6.45, 7) is 2.58. The first-order valence-corrected chi connectivity index (χ1v) is 6.94. The lowest BCUT2D eigenvalue weighted by Crippen LogP contribution is -2.12. The van der Waals surface area contributed by atoms with Gasteiger partial charge in [0.25, 0.3) is 0 Å². The molecule has 0 aliphatic heterocycles. The van der Waals surface area contributed by atoms with Crippen LogP contribution in [0.4, 0.5) is 11.9 Å². The fourth-order valence-corrected chi connectivity index (χ4v) is 1.76. The first kappa shape index (κ1) is 14.9. The molecule has 0 bridgehead atoms. The van der Waals surface area contributed by atoms with Gasteiger partial charge in [-0.1, -0.05) is 6.42 Å². The molecule has 8 heteroatoms. The third kappa shape index (κ3) is 5.55. The zero-order chi connectivity index (χ0) is 14.9. The summed E-state index contributed by atoms with van der Waals surface area (Å²) < 4.78 is 0. The summed E-state index contributed by atoms with van der Waals surface area (Å²) in [5.41, 5.74) is 0. The molecule has 0 aliphatic carbocycles. The number of aryl methyl sites for hydroxylation is 1. The predicted molar refractivity (Wildman–Crippen MR) is 78.7 cm³/mol. The number of H-pyrrole nitrogens is 1. The fourth-order valence-electron chi connectivity index (χ4n) is 1.76. The smallest absolute Gasteiger partial charge is 0.248 e. The number of anilines is 2. The van der Waals surface area contributed by atoms with Crippen LogP contribution in [0.25, 0.3) is 0 Å². The van der Waals surface area contributed by atoms with E-state index in [4.69, 9.17) is 0 Å². The average molecular weight is 289 g/mol. The molecule has 8 nitrogen and oxygen atoms in total. The molecule has 0 unspecified atom stereocenters. The molecule has 1 amide bonds. The summed E-state index contributed by atoms with van der Waals surface area (Å²) in [6.07, 6.45) is 6.61. The Morgan fingerprint density at radius 1 is 1.19 bits per heavy atom. The van der Waals surface area contributed by atoms with Crippen LogP contribution in [0.2, 0.25) is 0 Å². The topological polar surface area (TPSA) is 108 Å². The van der Waals surface area contributed by atoms with E-state index in [9.17, 15) is 4.79 Å². The van der Waals surface area contributed by atoms with E-state index >= 15 is 0 Å². The van der Waals surface area contributed by atoms with E-state index in [0.29, 0.717) is 24.1 Å². The molecule has 3 N–H and O–H groups in total. The highest BCUT2D eigenvalue weighted by atomic mass is 16.1. The summed E-state index contributed by atoms with van der Waals surface area (Å²) in [5.74, 6) is 1.59. The van der Waals surface area contributed by atoms with Crippen LogP contribution in [0.15, 0.2) is 18.5 Å². The van der Waals surface area contributed by atoms with E-state index < -0.39 is 0 Å². The van der Waals surface area contributed by atoms with E-state index in [1.165, 1.54) is 0 Å². The molecule has 0 aliphatic rings. The van der Waals surface area contributed by atoms with E-state index in [2.05, 4.69) is 35.8 Å². The summed E-state index contributed by atoms with van der Waals surface area (Å²) >= 11 is 0. The van der Waals surface area contributed by atoms with Crippen molar-refractivity contribution in [3.8, 4) is 0 Å². The monoisotopic (exact) mass is 289 g/mol. The Hall–Kier alpha value is -2.51. The highest BCUT2D eigenvalue weighted by Crippen LogP contribution is 2.04. The normalized spacial score (nSPS) is 10.3. The summed E-state index contributed by atoms with van der Waals surface area (Å²) in [6, 6.07) is 1.78. The molecule has 2 aromatic rings. The van der Waals surface area contributed by atoms with Crippen LogP contribution >= 0.6 is 0 Å². The zero-order valence-electron chi connectivity index (χ0n) is 12.0. The molecule has 112 valence electrons. The van der Waals surface area contributed by atoms with Crippen LogP contribution in [-0.4, -0.2) is 37.6 Å². The highest BCUT2D eigenvalue weighted by Gasteiger charge is 2.05. The van der Waals surface area contributed by atoms with Gasteiger partial charge in [-0.05, 0) is 25.8 Å². The maximum absolute atomic E-state index is 11.6. The first-order chi connectivity index (χ1) is 10.2. The third-order valence-corrected chi connectivity index (χ3v) is 2.78. The van der Waals surface area contributed by atoms with Gasteiger partial charge in [-0.25, -0.2) is 9.97 Å². The zero-order valence-corrected chi connectivity index (χ0v) is 12.0. The number of rotatable bonds is 8. The highest BCUT2D eigenvalue weighted by molar-refractivity contribution is 5.88. The van der Waals surface area contributed by atoms with Crippen LogP contribution < -0.4 is 10.6 Å². The molecule has 2 heterocycles. The van der Waals surface area contributed by atoms with Gasteiger partial charge < -0.3 is 5.32 Å². The molecule has 0 spiro atoms. The molecule has 2 rings (SSSR count). The maximum atomic E-state index is 11.6. The van der Waals surface area contributed by atoms with Crippen molar-refractivity contribution in [3.63, 3.8) is 0 Å². The van der Waals surface area contributed by atoms with Crippen molar-refractivity contribution in [2.75, 3.05) is 17.2 Å². The number of amides is 1. The Balaban J connectivity index is 1.52. The van der Waals surface area contributed by atoms with Gasteiger partial charge in [0, 0.05) is 25.4 Å². The average Bonchev–Trinajstić information content (AvgIpc) is 2.89. The second-order valence-electron chi connectivity index (χ2n) is 4.60. The number of unbranched alkanes of at least 4 members (excludes halogenated alkanes) is 2.